The van der Waals surface area contributed by atoms with Gasteiger partial charge in [-0.3, -0.25) is 4.99 Å². The van der Waals surface area contributed by atoms with Crippen molar-refractivity contribution in [2.24, 2.45) is 10.9 Å². The number of hydrogen-bond acceptors (Lipinski definition) is 3. The van der Waals surface area contributed by atoms with Gasteiger partial charge in [0, 0.05) is 39.2 Å². The van der Waals surface area contributed by atoms with Crippen LogP contribution in [-0.2, 0) is 4.74 Å². The van der Waals surface area contributed by atoms with Gasteiger partial charge in [-0.05, 0) is 26.2 Å². The normalized spacial score (nSPS) is 25.0. The first-order chi connectivity index (χ1) is 9.67. The van der Waals surface area contributed by atoms with Crippen molar-refractivity contribution in [3.8, 4) is 0 Å². The molecule has 2 aliphatic rings. The highest BCUT2D eigenvalue weighted by molar-refractivity contribution is 14.0. The maximum absolute atomic E-state index is 10.4. The number of hydrogen-bond donors (Lipinski definition) is 2. The van der Waals surface area contributed by atoms with Gasteiger partial charge in [-0.1, -0.05) is 12.8 Å². The van der Waals surface area contributed by atoms with Crippen LogP contribution >= 0.6 is 24.0 Å². The summed E-state index contributed by atoms with van der Waals surface area (Å²) in [4.78, 5) is 6.64. The standard InChI is InChI=1S/C15H29N3O2.HI/c1-3-20-11-13-6-9-18(10-13)14(16-2)17-12-15(19)7-4-5-8-15;/h13,19H,3-12H2,1-2H3,(H,16,17);1H. The van der Waals surface area contributed by atoms with Gasteiger partial charge in [-0.25, -0.2) is 0 Å². The molecule has 2 fully saturated rings. The summed E-state index contributed by atoms with van der Waals surface area (Å²) in [6.45, 7) is 6.31. The lowest BCUT2D eigenvalue weighted by molar-refractivity contribution is 0.0516. The topological polar surface area (TPSA) is 57.1 Å². The molecule has 0 spiro atoms. The molecule has 0 amide bonds. The summed E-state index contributed by atoms with van der Waals surface area (Å²) in [5.41, 5.74) is -0.527. The number of ether oxygens (including phenoxy) is 1. The van der Waals surface area contributed by atoms with E-state index in [1.165, 1.54) is 0 Å². The summed E-state index contributed by atoms with van der Waals surface area (Å²) in [5.74, 6) is 1.52. The van der Waals surface area contributed by atoms with Gasteiger partial charge in [0.1, 0.15) is 0 Å². The third kappa shape index (κ3) is 5.56. The fraction of sp³-hybridized carbons (Fsp3) is 0.933. The monoisotopic (exact) mass is 411 g/mol. The molecule has 21 heavy (non-hydrogen) atoms. The number of halogens is 1. The van der Waals surface area contributed by atoms with Crippen molar-refractivity contribution in [2.75, 3.05) is 39.9 Å². The van der Waals surface area contributed by atoms with E-state index in [9.17, 15) is 5.11 Å². The van der Waals surface area contributed by atoms with Crippen molar-refractivity contribution in [1.82, 2.24) is 10.2 Å². The van der Waals surface area contributed by atoms with Crippen molar-refractivity contribution in [1.29, 1.82) is 0 Å². The SMILES string of the molecule is CCOCC1CCN(C(=NC)NCC2(O)CCCC2)C1.I. The fourth-order valence-corrected chi connectivity index (χ4v) is 3.23. The number of likely N-dealkylation sites (tertiary alicyclic amines) is 1. The Hall–Kier alpha value is -0.0800. The Morgan fingerprint density at radius 2 is 2.14 bits per heavy atom. The van der Waals surface area contributed by atoms with Crippen LogP contribution in [-0.4, -0.2) is 61.5 Å². The first-order valence-corrected chi connectivity index (χ1v) is 7.92. The molecule has 1 atom stereocenters. The van der Waals surface area contributed by atoms with Gasteiger partial charge in [-0.2, -0.15) is 0 Å². The third-order valence-corrected chi connectivity index (χ3v) is 4.46. The number of aliphatic hydroxyl groups is 1. The molecule has 124 valence electrons. The lowest BCUT2D eigenvalue weighted by Gasteiger charge is -2.27. The number of nitrogens with zero attached hydrogens (tertiary/aromatic N) is 2. The minimum Gasteiger partial charge on any atom is -0.388 e. The summed E-state index contributed by atoms with van der Waals surface area (Å²) in [6, 6.07) is 0. The van der Waals surface area contributed by atoms with Crippen molar-refractivity contribution < 1.29 is 9.84 Å². The Bertz CT molecular complexity index is 333. The van der Waals surface area contributed by atoms with E-state index >= 15 is 0 Å². The fourth-order valence-electron chi connectivity index (χ4n) is 3.23. The van der Waals surface area contributed by atoms with Gasteiger partial charge < -0.3 is 20.1 Å². The average molecular weight is 411 g/mol. The van der Waals surface area contributed by atoms with Crippen molar-refractivity contribution >= 4 is 29.9 Å². The van der Waals surface area contributed by atoms with Crippen LogP contribution in [0.4, 0.5) is 0 Å². The summed E-state index contributed by atoms with van der Waals surface area (Å²) in [7, 11) is 1.82. The Morgan fingerprint density at radius 1 is 1.43 bits per heavy atom. The van der Waals surface area contributed by atoms with Crippen molar-refractivity contribution in [2.45, 2.75) is 44.6 Å². The highest BCUT2D eigenvalue weighted by Gasteiger charge is 2.32. The van der Waals surface area contributed by atoms with E-state index in [-0.39, 0.29) is 24.0 Å². The Balaban J connectivity index is 0.00000220. The van der Waals surface area contributed by atoms with E-state index in [1.807, 2.05) is 14.0 Å². The molecule has 1 saturated carbocycles. The smallest absolute Gasteiger partial charge is 0.193 e. The zero-order valence-corrected chi connectivity index (χ0v) is 15.6. The molecule has 1 saturated heterocycles. The van der Waals surface area contributed by atoms with Gasteiger partial charge >= 0.3 is 0 Å². The van der Waals surface area contributed by atoms with Crippen LogP contribution in [0, 0.1) is 5.92 Å². The molecule has 2 rings (SSSR count). The molecule has 1 aliphatic heterocycles. The molecule has 1 aliphatic carbocycles. The summed E-state index contributed by atoms with van der Waals surface area (Å²) >= 11 is 0. The van der Waals surface area contributed by atoms with E-state index in [0.717, 1.165) is 64.4 Å². The van der Waals surface area contributed by atoms with Crippen LogP contribution in [0.5, 0.6) is 0 Å². The summed E-state index contributed by atoms with van der Waals surface area (Å²) < 4.78 is 5.51. The van der Waals surface area contributed by atoms with Gasteiger partial charge in [0.05, 0.1) is 12.2 Å². The second kappa shape index (κ2) is 9.15. The Morgan fingerprint density at radius 3 is 2.76 bits per heavy atom. The lowest BCUT2D eigenvalue weighted by Crippen LogP contribution is -2.47. The Kier molecular flexibility index (Phi) is 8.26. The van der Waals surface area contributed by atoms with Crippen LogP contribution in [0.3, 0.4) is 0 Å². The lowest BCUT2D eigenvalue weighted by atomic mass is 10.0. The molecule has 6 heteroatoms. The van der Waals surface area contributed by atoms with Crippen molar-refractivity contribution in [3.05, 3.63) is 0 Å². The molecule has 5 nitrogen and oxygen atoms in total. The number of aliphatic imine (C=N–C) groups is 1. The maximum atomic E-state index is 10.4. The number of guanidine groups is 1. The molecule has 1 unspecified atom stereocenters. The molecule has 0 radical (unpaired) electrons. The maximum Gasteiger partial charge on any atom is 0.193 e. The molecule has 0 aromatic rings. The average Bonchev–Trinajstić information content (AvgIpc) is 3.07. The van der Waals surface area contributed by atoms with Crippen LogP contribution < -0.4 is 5.32 Å². The second-order valence-electron chi connectivity index (χ2n) is 6.09. The molecule has 0 bridgehead atoms. The predicted molar refractivity (Wildman–Crippen MR) is 96.4 cm³/mol. The van der Waals surface area contributed by atoms with Crippen molar-refractivity contribution in [3.63, 3.8) is 0 Å². The van der Waals surface area contributed by atoms with Gasteiger partial charge in [0.25, 0.3) is 0 Å². The van der Waals surface area contributed by atoms with Crippen LogP contribution in [0.15, 0.2) is 4.99 Å². The third-order valence-electron chi connectivity index (χ3n) is 4.46. The second-order valence-corrected chi connectivity index (χ2v) is 6.09. The quantitative estimate of drug-likeness (QED) is 0.412. The van der Waals surface area contributed by atoms with Crippen LogP contribution in [0.2, 0.25) is 0 Å². The largest absolute Gasteiger partial charge is 0.388 e. The highest BCUT2D eigenvalue weighted by atomic mass is 127. The van der Waals surface area contributed by atoms with Gasteiger partial charge in [0.15, 0.2) is 5.96 Å². The van der Waals surface area contributed by atoms with E-state index in [2.05, 4.69) is 15.2 Å². The molecular formula is C15H30IN3O2. The highest BCUT2D eigenvalue weighted by Crippen LogP contribution is 2.28. The molecule has 0 aromatic carbocycles. The molecular weight excluding hydrogens is 381 g/mol. The predicted octanol–water partition coefficient (Wildman–Crippen LogP) is 1.84. The van der Waals surface area contributed by atoms with Crippen LogP contribution in [0.1, 0.15) is 39.0 Å². The minimum atomic E-state index is -0.527. The first-order valence-electron chi connectivity index (χ1n) is 7.92. The summed E-state index contributed by atoms with van der Waals surface area (Å²) in [5, 5.41) is 13.7. The van der Waals surface area contributed by atoms with E-state index < -0.39 is 5.60 Å². The number of nitrogens with one attached hydrogen (secondary N) is 1. The van der Waals surface area contributed by atoms with E-state index in [1.54, 1.807) is 0 Å². The van der Waals surface area contributed by atoms with E-state index in [0.29, 0.717) is 12.5 Å². The zero-order valence-electron chi connectivity index (χ0n) is 13.3. The minimum absolute atomic E-state index is 0. The van der Waals surface area contributed by atoms with Gasteiger partial charge in [-0.15, -0.1) is 24.0 Å². The van der Waals surface area contributed by atoms with Crippen LogP contribution in [0.25, 0.3) is 0 Å². The van der Waals surface area contributed by atoms with E-state index in [4.69, 9.17) is 4.74 Å². The molecule has 2 N–H and O–H groups in total. The summed E-state index contributed by atoms with van der Waals surface area (Å²) in [6.07, 6.45) is 5.24. The molecule has 0 aromatic heterocycles. The van der Waals surface area contributed by atoms with Gasteiger partial charge in [0.2, 0.25) is 0 Å². The zero-order chi connectivity index (χ0) is 14.4. The first kappa shape index (κ1) is 19.0. The number of rotatable bonds is 5. The molecule has 1 heterocycles. The Labute approximate surface area is 145 Å².